The molecule has 9 rings (SSSR count). The molecule has 0 fully saturated rings. The summed E-state index contributed by atoms with van der Waals surface area (Å²) in [6, 6.07) is 57.5. The quantitative estimate of drug-likeness (QED) is 0.102. The van der Waals surface area contributed by atoms with Crippen LogP contribution in [0.15, 0.2) is 151 Å². The third-order valence-electron chi connectivity index (χ3n) is 11.5. The molecular formula is C53H43N3S4. The first-order valence-corrected chi connectivity index (χ1v) is 23.9. The van der Waals surface area contributed by atoms with Crippen molar-refractivity contribution in [3.8, 4) is 63.0 Å². The molecule has 0 N–H and O–H groups in total. The second-order valence-electron chi connectivity index (χ2n) is 15.3. The van der Waals surface area contributed by atoms with Gasteiger partial charge < -0.3 is 4.90 Å². The van der Waals surface area contributed by atoms with Gasteiger partial charge in [-0.3, -0.25) is 0 Å². The Kier molecular flexibility index (Phi) is 11.5. The number of rotatable bonds is 14. The van der Waals surface area contributed by atoms with Gasteiger partial charge in [-0.2, -0.15) is 10.5 Å². The highest BCUT2D eigenvalue weighted by Gasteiger charge is 2.43. The maximum Gasteiger partial charge on any atom is 0.131 e. The first kappa shape index (κ1) is 39.6. The summed E-state index contributed by atoms with van der Waals surface area (Å²) in [6.45, 7) is 4.65. The topological polar surface area (TPSA) is 50.8 Å². The molecule has 1 aliphatic rings. The zero-order valence-corrected chi connectivity index (χ0v) is 36.9. The maximum absolute atomic E-state index is 9.16. The third kappa shape index (κ3) is 7.60. The fourth-order valence-electron chi connectivity index (χ4n) is 8.62. The van der Waals surface area contributed by atoms with E-state index in [9.17, 15) is 0 Å². The molecule has 8 aromatic rings. The van der Waals surface area contributed by atoms with Gasteiger partial charge in [0.05, 0.1) is 0 Å². The summed E-state index contributed by atoms with van der Waals surface area (Å²) in [5.41, 5.74) is 10.6. The average molecular weight is 850 g/mol. The molecule has 7 heteroatoms. The van der Waals surface area contributed by atoms with E-state index >= 15 is 0 Å². The Bertz CT molecular complexity index is 2830. The molecule has 0 unspecified atom stereocenters. The molecule has 4 aromatic carbocycles. The number of unbranched alkanes of at least 4 members (excludes halogenated alkanes) is 2. The van der Waals surface area contributed by atoms with Crippen molar-refractivity contribution in [3.63, 3.8) is 0 Å². The molecule has 3 nitrogen and oxygen atoms in total. The highest BCUT2D eigenvalue weighted by Crippen LogP contribution is 2.56. The van der Waals surface area contributed by atoms with Crippen LogP contribution in [-0.2, 0) is 5.41 Å². The Balaban J connectivity index is 1.04. The van der Waals surface area contributed by atoms with Gasteiger partial charge in [0.2, 0.25) is 0 Å². The van der Waals surface area contributed by atoms with Gasteiger partial charge in [-0.05, 0) is 138 Å². The largest absolute Gasteiger partial charge is 0.310 e. The smallest absolute Gasteiger partial charge is 0.131 e. The molecule has 4 heterocycles. The number of fused-ring (bicyclic) bond motifs is 3. The van der Waals surface area contributed by atoms with E-state index in [0.29, 0.717) is 0 Å². The monoisotopic (exact) mass is 849 g/mol. The van der Waals surface area contributed by atoms with Crippen LogP contribution >= 0.6 is 45.3 Å². The van der Waals surface area contributed by atoms with Crippen molar-refractivity contribution >= 4 is 68.5 Å². The molecule has 0 spiro atoms. The van der Waals surface area contributed by atoms with Crippen molar-refractivity contribution in [1.82, 2.24) is 0 Å². The number of hydrogen-bond acceptors (Lipinski definition) is 7. The number of anilines is 3. The molecule has 0 saturated carbocycles. The van der Waals surface area contributed by atoms with Crippen LogP contribution in [0.5, 0.6) is 0 Å². The minimum atomic E-state index is -0.0539. The predicted octanol–water partition coefficient (Wildman–Crippen LogP) is 17.1. The summed E-state index contributed by atoms with van der Waals surface area (Å²) in [6.07, 6.45) is 8.64. The van der Waals surface area contributed by atoms with Gasteiger partial charge in [-0.1, -0.05) is 94.1 Å². The van der Waals surface area contributed by atoms with E-state index < -0.39 is 0 Å². The highest BCUT2D eigenvalue weighted by molar-refractivity contribution is 7.29. The number of allylic oxidation sites excluding steroid dienone is 1. The first-order valence-electron chi connectivity index (χ1n) is 20.6. The number of nitrogens with zero attached hydrogens (tertiary/aromatic N) is 3. The van der Waals surface area contributed by atoms with Crippen LogP contribution < -0.4 is 4.90 Å². The van der Waals surface area contributed by atoms with Crippen LogP contribution in [0.2, 0.25) is 0 Å². The number of thiophene rings is 4. The number of hydrogen-bond donors (Lipinski definition) is 0. The maximum atomic E-state index is 9.16. The molecule has 60 heavy (non-hydrogen) atoms. The third-order valence-corrected chi connectivity index (χ3v) is 16.5. The van der Waals surface area contributed by atoms with E-state index in [1.807, 2.05) is 40.9 Å². The minimum absolute atomic E-state index is 0.0539. The Hall–Kier alpha value is -5.80. The molecule has 0 bridgehead atoms. The Morgan fingerprint density at radius 2 is 0.983 bits per heavy atom. The highest BCUT2D eigenvalue weighted by atomic mass is 32.1. The van der Waals surface area contributed by atoms with Crippen molar-refractivity contribution < 1.29 is 0 Å². The number of benzene rings is 4. The second-order valence-corrected chi connectivity index (χ2v) is 19.6. The Morgan fingerprint density at radius 3 is 1.52 bits per heavy atom. The van der Waals surface area contributed by atoms with Gasteiger partial charge in [0.1, 0.15) is 17.7 Å². The van der Waals surface area contributed by atoms with Gasteiger partial charge in [0, 0.05) is 61.5 Å². The van der Waals surface area contributed by atoms with E-state index in [0.717, 1.165) is 34.0 Å². The van der Waals surface area contributed by atoms with E-state index in [-0.39, 0.29) is 11.0 Å². The fraction of sp³-hybridized carbons (Fsp3) is 0.170. The van der Waals surface area contributed by atoms with Crippen LogP contribution in [0.1, 0.15) is 68.4 Å². The lowest BCUT2D eigenvalue weighted by atomic mass is 9.70. The van der Waals surface area contributed by atoms with E-state index in [1.165, 1.54) is 88.5 Å². The van der Waals surface area contributed by atoms with E-state index in [1.54, 1.807) is 28.7 Å². The zero-order valence-electron chi connectivity index (χ0n) is 33.7. The Morgan fingerprint density at radius 1 is 0.517 bits per heavy atom. The molecule has 0 aliphatic heterocycles. The molecular weight excluding hydrogens is 807 g/mol. The van der Waals surface area contributed by atoms with Crippen LogP contribution in [0.4, 0.5) is 17.1 Å². The van der Waals surface area contributed by atoms with Gasteiger partial charge in [-0.15, -0.1) is 45.3 Å². The van der Waals surface area contributed by atoms with Gasteiger partial charge in [-0.25, -0.2) is 0 Å². The van der Waals surface area contributed by atoms with Crippen molar-refractivity contribution in [2.24, 2.45) is 0 Å². The van der Waals surface area contributed by atoms with Crippen molar-refractivity contribution in [1.29, 1.82) is 10.5 Å². The molecule has 0 radical (unpaired) electrons. The molecule has 0 atom stereocenters. The summed E-state index contributed by atoms with van der Waals surface area (Å²) in [5.74, 6) is 0. The predicted molar refractivity (Wildman–Crippen MR) is 259 cm³/mol. The average Bonchev–Trinajstić information content (AvgIpc) is 4.16. The van der Waals surface area contributed by atoms with E-state index in [4.69, 9.17) is 10.5 Å². The molecule has 0 saturated heterocycles. The SMILES string of the molecule is CCCCC1(CCCC)c2cc(-c3ccc(-c4ccc(-c5ccc(-c6ccc(C=C(C#N)C#N)s6)s5)s4)s3)ccc2-c2ccc(N(c3ccccc3)c3ccccc3)cc21. The standard InChI is InChI=1S/C53H43N3S4/c1-3-5-29-53(30-6-4-2)44-32-37(17-20-42(44)43-21-18-40(33-45(43)53)56(38-13-9-7-10-14-38)39-15-11-8-12-16-39)46-23-24-49(58-46)50-27-28-52(60-50)51-26-25-48(59-51)47-22-19-41(57-47)31-36(34-54)35-55/h7-28,31-33H,3-6,29-30H2,1-2H3. The van der Waals surface area contributed by atoms with Crippen LogP contribution in [0, 0.1) is 22.7 Å². The Labute approximate surface area is 369 Å². The lowest BCUT2D eigenvalue weighted by Crippen LogP contribution is -2.26. The number of nitriles is 2. The molecule has 1 aliphatic carbocycles. The number of para-hydroxylation sites is 2. The summed E-state index contributed by atoms with van der Waals surface area (Å²) < 4.78 is 0. The summed E-state index contributed by atoms with van der Waals surface area (Å²) in [4.78, 5) is 12.0. The van der Waals surface area contributed by atoms with Crippen LogP contribution in [0.3, 0.4) is 0 Å². The lowest BCUT2D eigenvalue weighted by Gasteiger charge is -2.34. The molecule has 4 aromatic heterocycles. The van der Waals surface area contributed by atoms with Crippen LogP contribution in [0.25, 0.3) is 56.9 Å². The van der Waals surface area contributed by atoms with Crippen LogP contribution in [-0.4, -0.2) is 0 Å². The summed E-state index contributed by atoms with van der Waals surface area (Å²) >= 11 is 7.11. The van der Waals surface area contributed by atoms with Gasteiger partial charge in [0.15, 0.2) is 0 Å². The molecule has 0 amide bonds. The second kappa shape index (κ2) is 17.4. The van der Waals surface area contributed by atoms with E-state index in [2.05, 4.69) is 158 Å². The van der Waals surface area contributed by atoms with Gasteiger partial charge in [0.25, 0.3) is 0 Å². The minimum Gasteiger partial charge on any atom is -0.310 e. The first-order chi connectivity index (χ1) is 29.5. The van der Waals surface area contributed by atoms with Crippen molar-refractivity contribution in [2.75, 3.05) is 4.90 Å². The fourth-order valence-corrected chi connectivity index (χ4v) is 12.9. The normalized spacial score (nSPS) is 12.3. The summed E-state index contributed by atoms with van der Waals surface area (Å²) in [7, 11) is 0. The summed E-state index contributed by atoms with van der Waals surface area (Å²) in [5, 5.41) is 18.3. The zero-order chi connectivity index (χ0) is 41.1. The molecule has 294 valence electrons. The van der Waals surface area contributed by atoms with Crippen molar-refractivity contribution in [2.45, 2.75) is 57.8 Å². The lowest BCUT2D eigenvalue weighted by molar-refractivity contribution is 0.414. The van der Waals surface area contributed by atoms with Gasteiger partial charge >= 0.3 is 0 Å². The van der Waals surface area contributed by atoms with Crippen molar-refractivity contribution in [3.05, 3.63) is 167 Å².